The first kappa shape index (κ1) is 28.3. The molecule has 0 saturated heterocycles. The van der Waals surface area contributed by atoms with Crippen LogP contribution in [0.25, 0.3) is 11.0 Å². The Morgan fingerprint density at radius 2 is 1.45 bits per heavy atom. The van der Waals surface area contributed by atoms with Gasteiger partial charge in [0.1, 0.15) is 17.2 Å². The maximum absolute atomic E-state index is 13.0. The smallest absolute Gasteiger partial charge is 0.259 e. The molecule has 12 heteroatoms. The number of anilines is 5. The lowest BCUT2D eigenvalue weighted by Gasteiger charge is -2.27. The number of nitrogens with zero attached hydrogens (tertiary/aromatic N) is 3. The zero-order valence-corrected chi connectivity index (χ0v) is 23.7. The fourth-order valence-electron chi connectivity index (χ4n) is 4.25. The quantitative estimate of drug-likeness (QED) is 0.201. The van der Waals surface area contributed by atoms with Crippen molar-refractivity contribution in [2.45, 2.75) is 0 Å². The summed E-state index contributed by atoms with van der Waals surface area (Å²) >= 11 is -2.83. The first-order valence-corrected chi connectivity index (χ1v) is 13.6. The van der Waals surface area contributed by atoms with Crippen molar-refractivity contribution in [2.24, 2.45) is 0 Å². The van der Waals surface area contributed by atoms with E-state index in [1.54, 1.807) is 78.9 Å². The molecular weight excluding hydrogens is 558 g/mol. The Hall–Kier alpha value is -5.20. The number of methoxy groups -OCH3 is 3. The predicted molar refractivity (Wildman–Crippen MR) is 161 cm³/mol. The third kappa shape index (κ3) is 6.09. The minimum Gasteiger partial charge on any atom is -0.755 e. The number of para-hydroxylation sites is 3. The summed E-state index contributed by atoms with van der Waals surface area (Å²) in [6.07, 6.45) is 0. The SMILES string of the molecule is COc1cc(Nc2nc3ccccc3nc2N(c2cccc(NC(=O)c3ccccc3OC)c2)S(=O)[O-])cc(OC)c1. The number of hydrogen-bond acceptors (Lipinski definition) is 9. The fourth-order valence-corrected chi connectivity index (χ4v) is 4.81. The summed E-state index contributed by atoms with van der Waals surface area (Å²) in [7, 11) is 4.54. The molecule has 214 valence electrons. The maximum atomic E-state index is 13.0. The number of carbonyl (C=O) groups excluding carboxylic acids is 1. The lowest BCUT2D eigenvalue weighted by molar-refractivity contribution is 0.102. The Morgan fingerprint density at radius 3 is 2.12 bits per heavy atom. The van der Waals surface area contributed by atoms with Crippen molar-refractivity contribution < 1.29 is 27.8 Å². The summed E-state index contributed by atoms with van der Waals surface area (Å²) in [6.45, 7) is 0. The van der Waals surface area contributed by atoms with Crippen molar-refractivity contribution in [2.75, 3.05) is 36.3 Å². The van der Waals surface area contributed by atoms with E-state index in [2.05, 4.69) is 20.6 Å². The molecule has 0 aliphatic rings. The van der Waals surface area contributed by atoms with Gasteiger partial charge in [-0.05, 0) is 42.5 Å². The van der Waals surface area contributed by atoms with E-state index in [1.807, 2.05) is 6.07 Å². The average Bonchev–Trinajstić information content (AvgIpc) is 3.01. The topological polar surface area (TPSA) is 138 Å². The molecule has 1 aromatic heterocycles. The Bertz CT molecular complexity index is 1760. The highest BCUT2D eigenvalue weighted by atomic mass is 32.2. The largest absolute Gasteiger partial charge is 0.755 e. The maximum Gasteiger partial charge on any atom is 0.259 e. The van der Waals surface area contributed by atoms with E-state index in [-0.39, 0.29) is 17.3 Å². The van der Waals surface area contributed by atoms with Crippen LogP contribution in [-0.4, -0.2) is 46.0 Å². The molecule has 1 amide bonds. The molecule has 0 radical (unpaired) electrons. The van der Waals surface area contributed by atoms with Gasteiger partial charge in [0.2, 0.25) is 0 Å². The minimum atomic E-state index is -2.83. The first-order chi connectivity index (χ1) is 20.4. The van der Waals surface area contributed by atoms with Crippen LogP contribution in [-0.2, 0) is 11.3 Å². The van der Waals surface area contributed by atoms with Crippen molar-refractivity contribution in [1.29, 1.82) is 0 Å². The molecule has 0 aliphatic heterocycles. The number of benzene rings is 4. The van der Waals surface area contributed by atoms with E-state index in [0.29, 0.717) is 45.2 Å². The molecule has 1 atom stereocenters. The molecule has 0 saturated carbocycles. The van der Waals surface area contributed by atoms with Crippen LogP contribution in [0.5, 0.6) is 17.2 Å². The summed E-state index contributed by atoms with van der Waals surface area (Å²) < 4.78 is 42.6. The number of ether oxygens (including phenoxy) is 3. The molecule has 5 aromatic rings. The van der Waals surface area contributed by atoms with Crippen molar-refractivity contribution in [3.63, 3.8) is 0 Å². The lowest BCUT2D eigenvalue weighted by Crippen LogP contribution is -2.23. The summed E-state index contributed by atoms with van der Waals surface area (Å²) in [5.41, 5.74) is 2.48. The van der Waals surface area contributed by atoms with Gasteiger partial charge >= 0.3 is 0 Å². The second kappa shape index (κ2) is 12.5. The molecule has 1 heterocycles. The summed E-state index contributed by atoms with van der Waals surface area (Å²) in [6, 6.07) is 25.4. The Morgan fingerprint density at radius 1 is 0.786 bits per heavy atom. The number of carbonyl (C=O) groups is 1. The monoisotopic (exact) mass is 584 g/mol. The normalized spacial score (nSPS) is 11.4. The van der Waals surface area contributed by atoms with Crippen LogP contribution < -0.4 is 29.1 Å². The number of fused-ring (bicyclic) bond motifs is 1. The van der Waals surface area contributed by atoms with Gasteiger partial charge in [-0.25, -0.2) is 9.97 Å². The van der Waals surface area contributed by atoms with E-state index in [1.165, 1.54) is 27.4 Å². The van der Waals surface area contributed by atoms with E-state index in [0.717, 1.165) is 4.31 Å². The van der Waals surface area contributed by atoms with E-state index in [9.17, 15) is 13.6 Å². The Kier molecular flexibility index (Phi) is 8.46. The van der Waals surface area contributed by atoms with Crippen LogP contribution in [0, 0.1) is 0 Å². The zero-order valence-electron chi connectivity index (χ0n) is 22.9. The molecule has 2 N–H and O–H groups in total. The van der Waals surface area contributed by atoms with Crippen LogP contribution in [0.4, 0.5) is 28.7 Å². The van der Waals surface area contributed by atoms with Gasteiger partial charge in [0.15, 0.2) is 11.6 Å². The summed E-state index contributed by atoms with van der Waals surface area (Å²) in [5, 5.41) is 5.97. The molecule has 1 unspecified atom stereocenters. The van der Waals surface area contributed by atoms with Crippen LogP contribution in [0.1, 0.15) is 10.4 Å². The fraction of sp³-hybridized carbons (Fsp3) is 0.100. The highest BCUT2D eigenvalue weighted by Gasteiger charge is 2.21. The van der Waals surface area contributed by atoms with Crippen molar-refractivity contribution in [1.82, 2.24) is 9.97 Å². The molecular formula is C30H26N5O6S-. The summed E-state index contributed by atoms with van der Waals surface area (Å²) in [5.74, 6) is 1.21. The van der Waals surface area contributed by atoms with Gasteiger partial charge in [-0.3, -0.25) is 13.3 Å². The van der Waals surface area contributed by atoms with E-state index in [4.69, 9.17) is 14.2 Å². The second-order valence-electron chi connectivity index (χ2n) is 8.83. The average molecular weight is 585 g/mol. The number of rotatable bonds is 10. The van der Waals surface area contributed by atoms with Crippen molar-refractivity contribution in [3.8, 4) is 17.2 Å². The van der Waals surface area contributed by atoms with Gasteiger partial charge in [0, 0.05) is 29.6 Å². The first-order valence-electron chi connectivity index (χ1n) is 12.6. The van der Waals surface area contributed by atoms with E-state index < -0.39 is 17.2 Å². The van der Waals surface area contributed by atoms with Crippen LogP contribution >= 0.6 is 0 Å². The molecule has 0 bridgehead atoms. The van der Waals surface area contributed by atoms with Gasteiger partial charge in [-0.15, -0.1) is 0 Å². The number of hydrogen-bond donors (Lipinski definition) is 2. The van der Waals surface area contributed by atoms with Crippen LogP contribution in [0.3, 0.4) is 0 Å². The van der Waals surface area contributed by atoms with Crippen LogP contribution in [0.2, 0.25) is 0 Å². The van der Waals surface area contributed by atoms with Crippen molar-refractivity contribution >= 4 is 56.9 Å². The molecule has 5 rings (SSSR count). The molecule has 42 heavy (non-hydrogen) atoms. The van der Waals surface area contributed by atoms with Gasteiger partial charge < -0.3 is 29.4 Å². The zero-order chi connectivity index (χ0) is 29.6. The second-order valence-corrected chi connectivity index (χ2v) is 9.63. The molecule has 0 aliphatic carbocycles. The van der Waals surface area contributed by atoms with Gasteiger partial charge in [-0.1, -0.05) is 30.3 Å². The Labute approximate surface area is 244 Å². The minimum absolute atomic E-state index is 0.0111. The van der Waals surface area contributed by atoms with Crippen molar-refractivity contribution in [3.05, 3.63) is 96.6 Å². The molecule has 0 spiro atoms. The highest BCUT2D eigenvalue weighted by Crippen LogP contribution is 2.36. The highest BCUT2D eigenvalue weighted by molar-refractivity contribution is 7.81. The lowest BCUT2D eigenvalue weighted by atomic mass is 10.2. The third-order valence-corrected chi connectivity index (χ3v) is 6.88. The Balaban J connectivity index is 1.57. The predicted octanol–water partition coefficient (Wildman–Crippen LogP) is 5.58. The van der Waals surface area contributed by atoms with Gasteiger partial charge in [0.25, 0.3) is 5.91 Å². The number of nitrogens with one attached hydrogen (secondary N) is 2. The molecule has 0 fully saturated rings. The summed E-state index contributed by atoms with van der Waals surface area (Å²) in [4.78, 5) is 22.4. The van der Waals surface area contributed by atoms with E-state index >= 15 is 0 Å². The third-order valence-electron chi connectivity index (χ3n) is 6.20. The number of aromatic nitrogens is 2. The van der Waals surface area contributed by atoms with Crippen LogP contribution in [0.15, 0.2) is 91.0 Å². The molecule has 11 nitrogen and oxygen atoms in total. The number of amides is 1. The molecule has 4 aromatic carbocycles. The van der Waals surface area contributed by atoms with Gasteiger partial charge in [0.05, 0.1) is 54.9 Å². The standard InChI is InChI=1S/C30H27N5O6S/c1-39-22-16-20(17-23(18-22)40-2)31-28-29(34-26-13-6-5-12-25(26)33-28)35(42(37)38)21-10-8-9-19(15-21)32-30(36)24-11-4-7-14-27(24)41-3/h4-18H,1-3H3,(H,31,33)(H,32,36)(H,37,38)/p-1. The van der Waals surface area contributed by atoms with Gasteiger partial charge in [-0.2, -0.15) is 0 Å².